The van der Waals surface area contributed by atoms with Crippen molar-refractivity contribution in [2.75, 3.05) is 0 Å². The molecule has 0 aromatic heterocycles. The SMILES string of the molecule is O=[Se](Cc1ccc(C(F)(F)F)cc1)C(F)(F)F. The van der Waals surface area contributed by atoms with E-state index in [0.29, 0.717) is 12.1 Å². The zero-order valence-electron chi connectivity index (χ0n) is 8.10. The first-order valence-corrected chi connectivity index (χ1v) is 6.99. The molecule has 1 rings (SSSR count). The minimum atomic E-state index is -4.76. The van der Waals surface area contributed by atoms with E-state index >= 15 is 0 Å². The third kappa shape index (κ3) is 4.12. The fourth-order valence-electron chi connectivity index (χ4n) is 1.02. The average Bonchev–Trinajstić information content (AvgIpc) is 2.15. The number of hydrogen-bond acceptors (Lipinski definition) is 1. The Morgan fingerprint density at radius 1 is 0.941 bits per heavy atom. The number of halogens is 6. The molecule has 0 radical (unpaired) electrons. The Bertz CT molecular complexity index is 405. The topological polar surface area (TPSA) is 17.1 Å². The zero-order chi connectivity index (χ0) is 13.3. The molecule has 0 N–H and O–H groups in total. The molecule has 0 aliphatic heterocycles. The Labute approximate surface area is 96.5 Å². The van der Waals surface area contributed by atoms with Gasteiger partial charge in [0.25, 0.3) is 0 Å². The van der Waals surface area contributed by atoms with Gasteiger partial charge in [0.05, 0.1) is 0 Å². The molecule has 1 unspecified atom stereocenters. The summed E-state index contributed by atoms with van der Waals surface area (Å²) in [5.74, 6) is 0. The van der Waals surface area contributed by atoms with Crippen LogP contribution in [0.25, 0.3) is 0 Å². The molecule has 0 saturated carbocycles. The molecule has 0 saturated heterocycles. The van der Waals surface area contributed by atoms with Crippen LogP contribution >= 0.6 is 0 Å². The van der Waals surface area contributed by atoms with Gasteiger partial charge >= 0.3 is 96.0 Å². The fraction of sp³-hybridized carbons (Fsp3) is 0.333. The Morgan fingerprint density at radius 3 is 1.76 bits per heavy atom. The standard InChI is InChI=1S/C9H6F6OSe/c10-8(11,12)7-3-1-6(2-4-7)5-17(16)9(13,14)15/h1-4H,5H2. The van der Waals surface area contributed by atoms with Gasteiger partial charge in [-0.15, -0.1) is 0 Å². The molecule has 96 valence electrons. The quantitative estimate of drug-likeness (QED) is 0.603. The number of alkyl halides is 6. The molecule has 1 nitrogen and oxygen atoms in total. The van der Waals surface area contributed by atoms with E-state index in [1.807, 2.05) is 0 Å². The zero-order valence-corrected chi connectivity index (χ0v) is 9.81. The van der Waals surface area contributed by atoms with Gasteiger partial charge in [0, 0.05) is 0 Å². The first-order valence-electron chi connectivity index (χ1n) is 4.22. The van der Waals surface area contributed by atoms with Crippen molar-refractivity contribution in [3.05, 3.63) is 35.4 Å². The second-order valence-corrected chi connectivity index (χ2v) is 6.16. The van der Waals surface area contributed by atoms with Gasteiger partial charge in [-0.2, -0.15) is 0 Å². The summed E-state index contributed by atoms with van der Waals surface area (Å²) in [6.07, 6.45) is -4.53. The first-order chi connectivity index (χ1) is 7.60. The predicted octanol–water partition coefficient (Wildman–Crippen LogP) is 3.31. The van der Waals surface area contributed by atoms with Crippen LogP contribution in [0.3, 0.4) is 0 Å². The molecule has 1 aromatic rings. The third-order valence-electron chi connectivity index (χ3n) is 1.84. The van der Waals surface area contributed by atoms with Crippen LogP contribution in [0.4, 0.5) is 26.3 Å². The molecule has 0 aliphatic rings. The summed E-state index contributed by atoms with van der Waals surface area (Å²) in [6, 6.07) is 3.15. The molecule has 0 heterocycles. The van der Waals surface area contributed by atoms with Gasteiger partial charge in [-0.05, 0) is 0 Å². The van der Waals surface area contributed by atoms with Crippen molar-refractivity contribution in [3.63, 3.8) is 0 Å². The second-order valence-electron chi connectivity index (χ2n) is 3.13. The Balaban J connectivity index is 2.80. The monoisotopic (exact) mass is 324 g/mol. The molecule has 0 amide bonds. The summed E-state index contributed by atoms with van der Waals surface area (Å²) in [5, 5.41) is -5.51. The van der Waals surface area contributed by atoms with E-state index in [4.69, 9.17) is 0 Å². The molecule has 0 bridgehead atoms. The molecule has 17 heavy (non-hydrogen) atoms. The van der Waals surface area contributed by atoms with E-state index < -0.39 is 36.0 Å². The predicted molar refractivity (Wildman–Crippen MR) is 47.6 cm³/mol. The molecular weight excluding hydrogens is 317 g/mol. The van der Waals surface area contributed by atoms with Crippen LogP contribution < -0.4 is 0 Å². The average molecular weight is 323 g/mol. The van der Waals surface area contributed by atoms with Crippen molar-refractivity contribution in [1.82, 2.24) is 0 Å². The Hall–Kier alpha value is -0.881. The summed E-state index contributed by atoms with van der Waals surface area (Å²) < 4.78 is 83.1. The minimum absolute atomic E-state index is 0.0182. The summed E-state index contributed by atoms with van der Waals surface area (Å²) in [5.41, 5.74) is -0.967. The molecule has 0 fully saturated rings. The maximum absolute atomic E-state index is 12.1. The summed E-state index contributed by atoms with van der Waals surface area (Å²) >= 11 is -4.07. The van der Waals surface area contributed by atoms with Gasteiger partial charge in [0.1, 0.15) is 0 Å². The number of rotatable bonds is 2. The van der Waals surface area contributed by atoms with E-state index in [-0.39, 0.29) is 5.56 Å². The number of benzene rings is 1. The van der Waals surface area contributed by atoms with Gasteiger partial charge < -0.3 is 0 Å². The number of hydrogen-bond donors (Lipinski definition) is 0. The van der Waals surface area contributed by atoms with Gasteiger partial charge in [0.15, 0.2) is 0 Å². The third-order valence-corrected chi connectivity index (χ3v) is 4.17. The van der Waals surface area contributed by atoms with Gasteiger partial charge in [-0.3, -0.25) is 0 Å². The van der Waals surface area contributed by atoms with E-state index in [2.05, 4.69) is 0 Å². The van der Waals surface area contributed by atoms with Gasteiger partial charge in [0.2, 0.25) is 0 Å². The van der Waals surface area contributed by atoms with Crippen LogP contribution in [0.5, 0.6) is 0 Å². The Kier molecular flexibility index (Phi) is 3.98. The maximum atomic E-state index is 12.1. The van der Waals surface area contributed by atoms with Crippen LogP contribution in [0, 0.1) is 0 Å². The first kappa shape index (κ1) is 14.2. The molecule has 0 aliphatic carbocycles. The molecular formula is C9H6F6OSe. The van der Waals surface area contributed by atoms with E-state index in [1.165, 1.54) is 0 Å². The van der Waals surface area contributed by atoms with E-state index in [0.717, 1.165) is 12.1 Å². The molecule has 0 spiro atoms. The van der Waals surface area contributed by atoms with Crippen LogP contribution in [0.2, 0.25) is 0 Å². The molecule has 1 atom stereocenters. The van der Waals surface area contributed by atoms with Crippen LogP contribution in [0.15, 0.2) is 24.3 Å². The van der Waals surface area contributed by atoms with Crippen LogP contribution in [-0.2, 0) is 15.3 Å². The molecule has 8 heteroatoms. The van der Waals surface area contributed by atoms with E-state index in [1.54, 1.807) is 0 Å². The van der Waals surface area contributed by atoms with Gasteiger partial charge in [-0.1, -0.05) is 0 Å². The van der Waals surface area contributed by atoms with Gasteiger partial charge in [-0.25, -0.2) is 0 Å². The Morgan fingerprint density at radius 2 is 1.41 bits per heavy atom. The van der Waals surface area contributed by atoms with Crippen LogP contribution in [-0.4, -0.2) is 18.9 Å². The van der Waals surface area contributed by atoms with Crippen molar-refractivity contribution < 1.29 is 30.2 Å². The van der Waals surface area contributed by atoms with Crippen molar-refractivity contribution >= 4 is 13.8 Å². The van der Waals surface area contributed by atoms with Crippen LogP contribution in [0.1, 0.15) is 11.1 Å². The fourth-order valence-corrected chi connectivity index (χ4v) is 2.41. The van der Waals surface area contributed by atoms with E-state index in [9.17, 15) is 30.2 Å². The molecule has 1 aromatic carbocycles. The van der Waals surface area contributed by atoms with Crippen molar-refractivity contribution in [2.24, 2.45) is 0 Å². The summed E-state index contributed by atoms with van der Waals surface area (Å²) in [7, 11) is 0. The van der Waals surface area contributed by atoms with Crippen molar-refractivity contribution in [2.45, 2.75) is 16.6 Å². The normalized spacial score (nSPS) is 14.7. The summed E-state index contributed by atoms with van der Waals surface area (Å²) in [4.78, 5) is 0. The van der Waals surface area contributed by atoms with Crippen molar-refractivity contribution in [1.29, 1.82) is 0 Å². The van der Waals surface area contributed by atoms with Crippen molar-refractivity contribution in [3.8, 4) is 0 Å². The summed E-state index contributed by atoms with van der Waals surface area (Å²) in [6.45, 7) is 0. The second kappa shape index (κ2) is 4.78.